The molecule has 0 N–H and O–H groups in total. The smallest absolute Gasteiger partial charge is 0.0628 e. The Bertz CT molecular complexity index is 904. The maximum atomic E-state index is 8.48. The van der Waals surface area contributed by atoms with Crippen LogP contribution >= 0.6 is 0 Å². The van der Waals surface area contributed by atoms with E-state index in [4.69, 9.17) is 16.5 Å². The van der Waals surface area contributed by atoms with E-state index in [2.05, 4.69) is 20.1 Å². The highest BCUT2D eigenvalue weighted by Crippen LogP contribution is 2.15. The molecule has 116 valence electrons. The largest absolute Gasteiger partial charge is 0.302 e. The zero-order valence-electron chi connectivity index (χ0n) is 16.6. The van der Waals surface area contributed by atoms with Gasteiger partial charge in [0.05, 0.1) is 5.48 Å². The van der Waals surface area contributed by atoms with Crippen molar-refractivity contribution in [3.05, 3.63) is 80.4 Å². The maximum absolute atomic E-state index is 8.48. The molecule has 0 bridgehead atoms. The lowest BCUT2D eigenvalue weighted by atomic mass is 10.1. The van der Waals surface area contributed by atoms with Gasteiger partial charge in [-0.15, -0.1) is 0 Å². The molecule has 0 spiro atoms. The fraction of sp³-hybridized carbons (Fsp3) is 0.250. The standard InChI is InChI=1S/C16H17N7/c1-23(12-14-4-8-16(9-5-14)20-22-18)11-10-13-2-6-15(7-3-13)19-21-17/h2-9H,10-12H2,1H3/i6T,7T,8T,9T. The summed E-state index contributed by atoms with van der Waals surface area (Å²) >= 11 is 0. The molecule has 0 amide bonds. The Kier molecular flexibility index (Phi) is 4.26. The first-order valence-electron chi connectivity index (χ1n) is 8.84. The predicted octanol–water partition coefficient (Wildman–Crippen LogP) is 5.24. The van der Waals surface area contributed by atoms with Crippen molar-refractivity contribution in [1.82, 2.24) is 4.90 Å². The van der Waals surface area contributed by atoms with Crippen molar-refractivity contribution in [2.24, 2.45) is 10.2 Å². The van der Waals surface area contributed by atoms with E-state index < -0.39 is 0 Å². The van der Waals surface area contributed by atoms with Crippen molar-refractivity contribution in [3.8, 4) is 0 Å². The topological polar surface area (TPSA) is 101 Å². The van der Waals surface area contributed by atoms with Crippen LogP contribution in [-0.4, -0.2) is 18.5 Å². The number of likely N-dealkylation sites (N-methyl/N-ethyl adjacent to an activating group) is 1. The number of hydrogen-bond acceptors (Lipinski definition) is 3. The highest BCUT2D eigenvalue weighted by atomic mass is 15.1. The molecule has 0 aromatic heterocycles. The minimum Gasteiger partial charge on any atom is -0.302 e. The van der Waals surface area contributed by atoms with Crippen LogP contribution in [0.1, 0.15) is 16.6 Å². The van der Waals surface area contributed by atoms with Crippen LogP contribution in [0.15, 0.2) is 58.7 Å². The van der Waals surface area contributed by atoms with Crippen LogP contribution in [0.25, 0.3) is 20.9 Å². The van der Waals surface area contributed by atoms with Gasteiger partial charge in [-0.1, -0.05) is 58.7 Å². The Hall–Kier alpha value is -2.98. The van der Waals surface area contributed by atoms with Crippen LogP contribution in [0.3, 0.4) is 0 Å². The summed E-state index contributed by atoms with van der Waals surface area (Å²) in [6, 6.07) is 6.34. The van der Waals surface area contributed by atoms with Crippen molar-refractivity contribution < 1.29 is 5.48 Å². The Labute approximate surface area is 140 Å². The van der Waals surface area contributed by atoms with Crippen LogP contribution in [0.4, 0.5) is 11.4 Å². The quantitative estimate of drug-likeness (QED) is 0.389. The summed E-state index contributed by atoms with van der Waals surface area (Å²) in [6.07, 6.45) is 0.586. The van der Waals surface area contributed by atoms with Crippen LogP contribution in [-0.2, 0) is 13.0 Å². The molecule has 0 atom stereocenters. The summed E-state index contributed by atoms with van der Waals surface area (Å²) in [6.45, 7) is 1.12. The van der Waals surface area contributed by atoms with E-state index in [9.17, 15) is 0 Å². The summed E-state index contributed by atoms with van der Waals surface area (Å²) < 4.78 is 31.4. The molecule has 0 aliphatic rings. The number of hydrogen-bond donors (Lipinski definition) is 0. The van der Waals surface area contributed by atoms with Gasteiger partial charge in [0, 0.05) is 34.3 Å². The second kappa shape index (κ2) is 8.46. The number of benzene rings is 2. The van der Waals surface area contributed by atoms with Crippen LogP contribution in [0.2, 0.25) is 0 Å². The van der Waals surface area contributed by atoms with Gasteiger partial charge in [0.2, 0.25) is 0 Å². The first kappa shape index (κ1) is 11.6. The molecule has 7 nitrogen and oxygen atoms in total. The Morgan fingerprint density at radius 3 is 1.91 bits per heavy atom. The molecule has 0 heterocycles. The van der Waals surface area contributed by atoms with Gasteiger partial charge < -0.3 is 4.90 Å². The van der Waals surface area contributed by atoms with Crippen LogP contribution < -0.4 is 0 Å². The normalized spacial score (nSPS) is 12.4. The van der Waals surface area contributed by atoms with E-state index in [1.807, 2.05) is 11.9 Å². The van der Waals surface area contributed by atoms with E-state index in [0.29, 0.717) is 19.5 Å². The molecule has 0 radical (unpaired) electrons. The second-order valence-corrected chi connectivity index (χ2v) is 4.87. The lowest BCUT2D eigenvalue weighted by molar-refractivity contribution is 0.331. The zero-order valence-corrected chi connectivity index (χ0v) is 12.6. The summed E-state index contributed by atoms with van der Waals surface area (Å²) in [5.41, 5.74) is 18.5. The fourth-order valence-corrected chi connectivity index (χ4v) is 1.96. The van der Waals surface area contributed by atoms with Gasteiger partial charge in [-0.3, -0.25) is 0 Å². The van der Waals surface area contributed by atoms with Crippen molar-refractivity contribution >= 4 is 11.4 Å². The molecule has 0 unspecified atom stereocenters. The Balaban J connectivity index is 2.06. The van der Waals surface area contributed by atoms with Crippen LogP contribution in [0, 0.1) is 0 Å². The average Bonchev–Trinajstić information content (AvgIpc) is 2.59. The number of nitrogens with zero attached hydrogens (tertiary/aromatic N) is 7. The van der Waals surface area contributed by atoms with E-state index in [1.54, 1.807) is 24.3 Å². The van der Waals surface area contributed by atoms with Gasteiger partial charge in [0.15, 0.2) is 0 Å². The van der Waals surface area contributed by atoms with Gasteiger partial charge in [-0.2, -0.15) is 0 Å². The van der Waals surface area contributed by atoms with Gasteiger partial charge in [-0.25, -0.2) is 0 Å². The van der Waals surface area contributed by atoms with Crippen LogP contribution in [0.5, 0.6) is 0 Å². The summed E-state index contributed by atoms with van der Waals surface area (Å²) in [4.78, 5) is 7.24. The molecule has 0 aliphatic heterocycles. The Morgan fingerprint density at radius 1 is 0.957 bits per heavy atom. The molecule has 0 aliphatic carbocycles. The van der Waals surface area contributed by atoms with Crippen molar-refractivity contribution in [2.45, 2.75) is 13.0 Å². The van der Waals surface area contributed by atoms with Crippen molar-refractivity contribution in [1.29, 1.82) is 0 Å². The molecule has 0 saturated carbocycles. The van der Waals surface area contributed by atoms with Gasteiger partial charge in [-0.05, 0) is 35.7 Å². The molecule has 23 heavy (non-hydrogen) atoms. The summed E-state index contributed by atoms with van der Waals surface area (Å²) in [7, 11) is 1.88. The minimum absolute atomic E-state index is 0.00923. The molecule has 2 aromatic carbocycles. The number of rotatable bonds is 7. The molecule has 2 aromatic rings. The second-order valence-electron chi connectivity index (χ2n) is 4.87. The van der Waals surface area contributed by atoms with Gasteiger partial charge >= 0.3 is 0 Å². The lowest BCUT2D eigenvalue weighted by Crippen LogP contribution is -2.20. The van der Waals surface area contributed by atoms with E-state index in [0.717, 1.165) is 11.1 Å². The third-order valence-electron chi connectivity index (χ3n) is 3.10. The highest BCUT2D eigenvalue weighted by Gasteiger charge is 2.02. The monoisotopic (exact) mass is 315 g/mol. The first-order valence-corrected chi connectivity index (χ1v) is 6.84. The highest BCUT2D eigenvalue weighted by molar-refractivity contribution is 5.39. The van der Waals surface area contributed by atoms with Gasteiger partial charge in [0.25, 0.3) is 0 Å². The molecule has 0 saturated heterocycles. The molecule has 2 rings (SSSR count). The lowest BCUT2D eigenvalue weighted by Gasteiger charge is -2.16. The van der Waals surface area contributed by atoms with E-state index in [1.165, 1.54) is 0 Å². The maximum Gasteiger partial charge on any atom is 0.0628 e. The molecule has 0 fully saturated rings. The first-order chi connectivity index (χ1) is 12.8. The summed E-state index contributed by atoms with van der Waals surface area (Å²) in [5.74, 6) is 0. The molecular formula is C16H17N7. The molecular weight excluding hydrogens is 290 g/mol. The SMILES string of the molecule is [3H]c1cc(CCN(C)Cc2cc([3H])c(N=[N+]=[N-])c([3H])c2)cc([3H])c1N=[N+]=[N-]. The van der Waals surface area contributed by atoms with Crippen molar-refractivity contribution in [3.63, 3.8) is 0 Å². The summed E-state index contributed by atoms with van der Waals surface area (Å²) in [5, 5.41) is 6.73. The van der Waals surface area contributed by atoms with E-state index in [-0.39, 0.29) is 35.5 Å². The average molecular weight is 315 g/mol. The van der Waals surface area contributed by atoms with E-state index >= 15 is 0 Å². The predicted molar refractivity (Wildman–Crippen MR) is 90.5 cm³/mol. The Morgan fingerprint density at radius 2 is 1.43 bits per heavy atom. The van der Waals surface area contributed by atoms with Gasteiger partial charge in [0.1, 0.15) is 0 Å². The fourth-order valence-electron chi connectivity index (χ4n) is 1.96. The third kappa shape index (κ3) is 5.37. The van der Waals surface area contributed by atoms with Crippen molar-refractivity contribution in [2.75, 3.05) is 13.6 Å². The number of azide groups is 2. The third-order valence-corrected chi connectivity index (χ3v) is 3.10. The minimum atomic E-state index is 0.00923. The molecule has 7 heteroatoms. The zero-order chi connectivity index (χ0) is 20.0.